The van der Waals surface area contributed by atoms with E-state index in [1.165, 1.54) is 13.1 Å². The summed E-state index contributed by atoms with van der Waals surface area (Å²) in [5.41, 5.74) is 2.90. The van der Waals surface area contributed by atoms with E-state index in [2.05, 4.69) is 48.1 Å². The third-order valence-corrected chi connectivity index (χ3v) is 6.64. The molecule has 0 bridgehead atoms. The molecule has 3 aromatic rings. The van der Waals surface area contributed by atoms with Crippen molar-refractivity contribution in [3.8, 4) is 11.1 Å². The molecule has 0 saturated carbocycles. The van der Waals surface area contributed by atoms with E-state index < -0.39 is 0 Å². The summed E-state index contributed by atoms with van der Waals surface area (Å²) in [7, 11) is 1.90. The number of hydrogen-bond acceptors (Lipinski definition) is 4. The summed E-state index contributed by atoms with van der Waals surface area (Å²) in [6.45, 7) is 13.7. The third kappa shape index (κ3) is 5.58. The van der Waals surface area contributed by atoms with Gasteiger partial charge in [0.15, 0.2) is 0 Å². The van der Waals surface area contributed by atoms with Crippen LogP contribution < -0.4 is 5.32 Å². The summed E-state index contributed by atoms with van der Waals surface area (Å²) in [6.07, 6.45) is 7.43. The number of anilines is 1. The van der Waals surface area contributed by atoms with Gasteiger partial charge in [0.1, 0.15) is 0 Å². The monoisotopic (exact) mass is 449 g/mol. The Labute approximate surface area is 196 Å². The van der Waals surface area contributed by atoms with Gasteiger partial charge >= 0.3 is 0 Å². The number of carbonyl (C=O) groups is 1. The lowest BCUT2D eigenvalue weighted by molar-refractivity contribution is -0.938. The molecule has 1 aliphatic heterocycles. The fourth-order valence-electron chi connectivity index (χ4n) is 5.41. The molecule has 2 aromatic heterocycles. The predicted molar refractivity (Wildman–Crippen MR) is 132 cm³/mol. The molecule has 1 aliphatic rings. The number of fused-ring (bicyclic) bond motifs is 1. The minimum atomic E-state index is 0.0246. The van der Waals surface area contributed by atoms with E-state index in [1.807, 2.05) is 37.6 Å². The van der Waals surface area contributed by atoms with Gasteiger partial charge < -0.3 is 4.48 Å². The van der Waals surface area contributed by atoms with Crippen molar-refractivity contribution in [3.63, 3.8) is 0 Å². The highest BCUT2D eigenvalue weighted by Gasteiger charge is 2.37. The highest BCUT2D eigenvalue weighted by molar-refractivity contribution is 5.92. The van der Waals surface area contributed by atoms with Crippen LogP contribution in [-0.4, -0.2) is 56.3 Å². The van der Waals surface area contributed by atoms with E-state index >= 15 is 0 Å². The molecule has 1 aromatic carbocycles. The van der Waals surface area contributed by atoms with Crippen LogP contribution in [0.4, 0.5) is 5.95 Å². The van der Waals surface area contributed by atoms with E-state index in [-0.39, 0.29) is 11.8 Å². The molecular formula is C26H37N6O+. The van der Waals surface area contributed by atoms with Gasteiger partial charge in [-0.15, -0.1) is 0 Å². The Hall–Kier alpha value is -2.80. The Kier molecular flexibility index (Phi) is 6.79. The van der Waals surface area contributed by atoms with Gasteiger partial charge in [0.05, 0.1) is 37.9 Å². The highest BCUT2D eigenvalue weighted by Crippen LogP contribution is 2.28. The van der Waals surface area contributed by atoms with E-state index in [9.17, 15) is 4.79 Å². The molecule has 0 atom stereocenters. The van der Waals surface area contributed by atoms with Crippen molar-refractivity contribution in [1.82, 2.24) is 19.7 Å². The first kappa shape index (κ1) is 23.4. The van der Waals surface area contributed by atoms with Crippen LogP contribution in [0.25, 0.3) is 22.0 Å². The normalized spacial score (nSPS) is 16.6. The van der Waals surface area contributed by atoms with E-state index in [0.29, 0.717) is 17.8 Å². The minimum Gasteiger partial charge on any atom is -0.323 e. The Morgan fingerprint density at radius 3 is 2.39 bits per heavy atom. The lowest BCUT2D eigenvalue weighted by atomic mass is 9.92. The number of likely N-dealkylation sites (tertiary alicyclic amines) is 1. The second kappa shape index (κ2) is 9.59. The number of hydrogen-bond donors (Lipinski definition) is 1. The maximum absolute atomic E-state index is 13.0. The van der Waals surface area contributed by atoms with Crippen LogP contribution in [-0.2, 0) is 11.8 Å². The van der Waals surface area contributed by atoms with Crippen LogP contribution in [0.1, 0.15) is 40.5 Å². The first-order chi connectivity index (χ1) is 15.7. The summed E-state index contributed by atoms with van der Waals surface area (Å²) in [6, 6.07) is 6.07. The Morgan fingerprint density at radius 1 is 1.09 bits per heavy atom. The van der Waals surface area contributed by atoms with Gasteiger partial charge in [-0.25, -0.2) is 9.97 Å². The maximum atomic E-state index is 13.0. The van der Waals surface area contributed by atoms with Crippen LogP contribution >= 0.6 is 0 Å². The molecule has 7 nitrogen and oxygen atoms in total. The van der Waals surface area contributed by atoms with Gasteiger partial charge in [-0.1, -0.05) is 39.8 Å². The summed E-state index contributed by atoms with van der Waals surface area (Å²) >= 11 is 0. The highest BCUT2D eigenvalue weighted by atomic mass is 16.2. The SMILES string of the molecule is CC(C)C[N+]1(CC(C)C)CCC(C(=O)Nc2ncc3ccc(-c4cnn(C)c4)cc3n2)CC1. The van der Waals surface area contributed by atoms with Crippen LogP contribution in [0.5, 0.6) is 0 Å². The fraction of sp³-hybridized carbons (Fsp3) is 0.538. The molecule has 1 fully saturated rings. The number of nitrogens with zero attached hydrogens (tertiary/aromatic N) is 5. The summed E-state index contributed by atoms with van der Waals surface area (Å²) < 4.78 is 2.92. The number of nitrogens with one attached hydrogen (secondary N) is 1. The molecule has 0 unspecified atom stereocenters. The van der Waals surface area contributed by atoms with E-state index in [4.69, 9.17) is 0 Å². The molecule has 1 amide bonds. The first-order valence-electron chi connectivity index (χ1n) is 12.1. The van der Waals surface area contributed by atoms with Gasteiger partial charge in [0.25, 0.3) is 0 Å². The number of piperidine rings is 1. The zero-order valence-electron chi connectivity index (χ0n) is 20.6. The number of rotatable bonds is 7. The average molecular weight is 450 g/mol. The summed E-state index contributed by atoms with van der Waals surface area (Å²) in [5, 5.41) is 8.19. The average Bonchev–Trinajstić information content (AvgIpc) is 3.19. The lowest BCUT2D eigenvalue weighted by Gasteiger charge is -2.45. The van der Waals surface area contributed by atoms with Crippen molar-refractivity contribution in [2.75, 3.05) is 31.5 Å². The number of benzene rings is 1. The van der Waals surface area contributed by atoms with Gasteiger partial charge in [-0.3, -0.25) is 14.8 Å². The topological polar surface area (TPSA) is 72.7 Å². The molecule has 1 N–H and O–H groups in total. The molecule has 0 radical (unpaired) electrons. The standard InChI is InChI=1S/C26H36N6O/c1-18(2)16-32(17-19(3)4)10-8-20(9-11-32)25(33)30-26-27-13-22-7-6-21(12-24(22)29-26)23-14-28-31(5)15-23/h6-7,12-15,18-20H,8-11,16-17H2,1-5H3/p+1. The predicted octanol–water partition coefficient (Wildman–Crippen LogP) is 4.51. The molecule has 7 heteroatoms. The molecular weight excluding hydrogens is 412 g/mol. The third-order valence-electron chi connectivity index (χ3n) is 6.64. The number of carbonyl (C=O) groups excluding carboxylic acids is 1. The second-order valence-corrected chi connectivity index (χ2v) is 10.6. The van der Waals surface area contributed by atoms with Crippen molar-refractivity contribution in [2.24, 2.45) is 24.8 Å². The Balaban J connectivity index is 1.44. The molecule has 0 aliphatic carbocycles. The van der Waals surface area contributed by atoms with Crippen LogP contribution in [0.3, 0.4) is 0 Å². The van der Waals surface area contributed by atoms with Crippen molar-refractivity contribution in [1.29, 1.82) is 0 Å². The van der Waals surface area contributed by atoms with E-state index in [1.54, 1.807) is 10.9 Å². The second-order valence-electron chi connectivity index (χ2n) is 10.6. The molecule has 1 saturated heterocycles. The molecule has 0 spiro atoms. The van der Waals surface area contributed by atoms with Crippen molar-refractivity contribution in [3.05, 3.63) is 36.8 Å². The number of quaternary nitrogens is 1. The van der Waals surface area contributed by atoms with Gasteiger partial charge in [-0.2, -0.15) is 5.10 Å². The zero-order valence-corrected chi connectivity index (χ0v) is 20.6. The summed E-state index contributed by atoms with van der Waals surface area (Å²) in [4.78, 5) is 22.1. The maximum Gasteiger partial charge on any atom is 0.230 e. The molecule has 176 valence electrons. The fourth-order valence-corrected chi connectivity index (χ4v) is 5.41. The van der Waals surface area contributed by atoms with Crippen LogP contribution in [0.2, 0.25) is 0 Å². The van der Waals surface area contributed by atoms with Crippen molar-refractivity contribution < 1.29 is 9.28 Å². The Bertz CT molecular complexity index is 1100. The number of aryl methyl sites for hydroxylation is 1. The molecule has 4 rings (SSSR count). The quantitative estimate of drug-likeness (QED) is 0.539. The zero-order chi connectivity index (χ0) is 23.6. The minimum absolute atomic E-state index is 0.0246. The van der Waals surface area contributed by atoms with Gasteiger partial charge in [0, 0.05) is 61.0 Å². The van der Waals surface area contributed by atoms with Crippen LogP contribution in [0, 0.1) is 17.8 Å². The van der Waals surface area contributed by atoms with Gasteiger partial charge in [-0.05, 0) is 11.6 Å². The smallest absolute Gasteiger partial charge is 0.230 e. The lowest BCUT2D eigenvalue weighted by Crippen LogP contribution is -2.57. The largest absolute Gasteiger partial charge is 0.323 e. The van der Waals surface area contributed by atoms with Crippen molar-refractivity contribution in [2.45, 2.75) is 40.5 Å². The summed E-state index contributed by atoms with van der Waals surface area (Å²) in [5.74, 6) is 1.78. The van der Waals surface area contributed by atoms with Crippen LogP contribution in [0.15, 0.2) is 36.8 Å². The van der Waals surface area contributed by atoms with Crippen molar-refractivity contribution >= 4 is 22.8 Å². The number of aromatic nitrogens is 4. The Morgan fingerprint density at radius 2 is 1.79 bits per heavy atom. The van der Waals surface area contributed by atoms with Gasteiger partial charge in [0.2, 0.25) is 11.9 Å². The van der Waals surface area contributed by atoms with E-state index in [0.717, 1.165) is 52.4 Å². The molecule has 3 heterocycles. The number of amides is 1. The molecule has 33 heavy (non-hydrogen) atoms. The first-order valence-corrected chi connectivity index (χ1v) is 12.1.